The van der Waals surface area contributed by atoms with Crippen LogP contribution >= 0.6 is 0 Å². The van der Waals surface area contributed by atoms with Crippen molar-refractivity contribution < 1.29 is 13.2 Å². The molecule has 1 N–H and O–H groups in total. The Morgan fingerprint density at radius 1 is 1.05 bits per heavy atom. The van der Waals surface area contributed by atoms with E-state index in [2.05, 4.69) is 22.4 Å². The van der Waals surface area contributed by atoms with Gasteiger partial charge in [0.1, 0.15) is 0 Å². The normalized spacial score (nSPS) is 16.1. The molecule has 1 aromatic carbocycles. The molecule has 0 unspecified atom stereocenters. The molecule has 1 fully saturated rings. The van der Waals surface area contributed by atoms with E-state index in [-0.39, 0.29) is 0 Å². The number of nitrogens with one attached hydrogen (secondary N) is 1. The molecule has 0 spiro atoms. The zero-order valence-electron chi connectivity index (χ0n) is 10.3. The van der Waals surface area contributed by atoms with Crippen LogP contribution in [0, 0.1) is 43.4 Å². The van der Waals surface area contributed by atoms with Crippen molar-refractivity contribution in [2.75, 3.05) is 5.43 Å². The monoisotopic (exact) mass is 275 g/mol. The zero-order chi connectivity index (χ0) is 14.4. The molecule has 0 aliphatic heterocycles. The third kappa shape index (κ3) is 4.30. The van der Waals surface area contributed by atoms with Crippen LogP contribution in [0.25, 0.3) is 0 Å². The average molecular weight is 275 g/mol. The number of halogens is 3. The van der Waals surface area contributed by atoms with E-state index < -0.39 is 11.7 Å². The topological polar surface area (TPSA) is 24.4 Å². The molecular formula is C15H10F3N2. The molecule has 1 saturated carbocycles. The maximum Gasteiger partial charge on any atom is 0.416 e. The molecular weight excluding hydrogens is 265 g/mol. The molecule has 5 heteroatoms. The minimum Gasteiger partial charge on any atom is -0.278 e. The van der Waals surface area contributed by atoms with Gasteiger partial charge in [-0.25, -0.2) is 0 Å². The molecule has 0 atom stereocenters. The van der Waals surface area contributed by atoms with E-state index in [1.807, 2.05) is 25.7 Å². The van der Waals surface area contributed by atoms with Crippen LogP contribution in [0.15, 0.2) is 29.4 Å². The van der Waals surface area contributed by atoms with E-state index in [0.717, 1.165) is 18.1 Å². The number of rotatable bonds is 2. The minimum atomic E-state index is -4.33. The van der Waals surface area contributed by atoms with Gasteiger partial charge in [0.05, 0.1) is 23.4 Å². The maximum absolute atomic E-state index is 12.3. The van der Waals surface area contributed by atoms with E-state index in [0.29, 0.717) is 5.69 Å². The first-order valence-electron chi connectivity index (χ1n) is 5.74. The van der Waals surface area contributed by atoms with Crippen molar-refractivity contribution in [1.82, 2.24) is 0 Å². The number of benzene rings is 1. The van der Waals surface area contributed by atoms with Crippen LogP contribution in [0.2, 0.25) is 0 Å². The summed E-state index contributed by atoms with van der Waals surface area (Å²) in [6, 6.07) is 4.61. The zero-order valence-corrected chi connectivity index (χ0v) is 10.3. The van der Waals surface area contributed by atoms with Crippen molar-refractivity contribution >= 4 is 11.9 Å². The van der Waals surface area contributed by atoms with Crippen LogP contribution in [0.5, 0.6) is 0 Å². The summed E-state index contributed by atoms with van der Waals surface area (Å²) in [4.78, 5) is 0. The Balaban J connectivity index is 1.84. The number of hydrogen-bond acceptors (Lipinski definition) is 2. The van der Waals surface area contributed by atoms with E-state index in [1.165, 1.54) is 18.3 Å². The number of alkyl halides is 3. The van der Waals surface area contributed by atoms with Crippen molar-refractivity contribution in [2.24, 2.45) is 5.10 Å². The van der Waals surface area contributed by atoms with Crippen LogP contribution in [0.1, 0.15) is 5.56 Å². The predicted molar refractivity (Wildman–Crippen MR) is 71.8 cm³/mol. The van der Waals surface area contributed by atoms with Gasteiger partial charge in [-0.2, -0.15) is 18.3 Å². The van der Waals surface area contributed by atoms with Gasteiger partial charge in [0.2, 0.25) is 0 Å². The number of hydrogen-bond donors (Lipinski definition) is 1. The second-order valence-electron chi connectivity index (χ2n) is 3.89. The first-order valence-corrected chi connectivity index (χ1v) is 5.74. The lowest BCUT2D eigenvalue weighted by Crippen LogP contribution is -2.04. The van der Waals surface area contributed by atoms with Crippen LogP contribution < -0.4 is 5.43 Å². The highest BCUT2D eigenvalue weighted by molar-refractivity contribution is 5.80. The third-order valence-electron chi connectivity index (χ3n) is 2.41. The molecule has 20 heavy (non-hydrogen) atoms. The molecule has 0 bridgehead atoms. The lowest BCUT2D eigenvalue weighted by Gasteiger charge is -2.06. The molecule has 1 aliphatic rings. The molecule has 1 aliphatic carbocycles. The van der Waals surface area contributed by atoms with E-state index in [1.54, 1.807) is 0 Å². The summed E-state index contributed by atoms with van der Waals surface area (Å²) < 4.78 is 37.0. The number of anilines is 1. The Morgan fingerprint density at radius 3 is 2.30 bits per heavy atom. The summed E-state index contributed by atoms with van der Waals surface area (Å²) in [5.41, 5.74) is 2.37. The van der Waals surface area contributed by atoms with Gasteiger partial charge in [0, 0.05) is 0 Å². The lowest BCUT2D eigenvalue weighted by molar-refractivity contribution is -0.137. The lowest BCUT2D eigenvalue weighted by atomic mass is 10.1. The van der Waals surface area contributed by atoms with Crippen LogP contribution in [-0.4, -0.2) is 6.21 Å². The van der Waals surface area contributed by atoms with Crippen molar-refractivity contribution in [3.63, 3.8) is 0 Å². The summed E-state index contributed by atoms with van der Waals surface area (Å²) in [5.74, 6) is 6.44. The highest BCUT2D eigenvalue weighted by atomic mass is 19.4. The Hall–Kier alpha value is -1.96. The molecule has 2 rings (SSSR count). The molecule has 101 valence electrons. The van der Waals surface area contributed by atoms with E-state index in [4.69, 9.17) is 0 Å². The van der Waals surface area contributed by atoms with Gasteiger partial charge >= 0.3 is 6.18 Å². The molecule has 0 amide bonds. The summed E-state index contributed by atoms with van der Waals surface area (Å²) in [5, 5.41) is 3.80. The number of hydrazone groups is 1. The van der Waals surface area contributed by atoms with Gasteiger partial charge in [0.25, 0.3) is 0 Å². The molecule has 2 nitrogen and oxygen atoms in total. The first kappa shape index (κ1) is 14.4. The summed E-state index contributed by atoms with van der Waals surface area (Å²) in [7, 11) is 0. The predicted octanol–water partition coefficient (Wildman–Crippen LogP) is 3.51. The second kappa shape index (κ2) is 6.47. The summed E-state index contributed by atoms with van der Waals surface area (Å²) >= 11 is 0. The summed E-state index contributed by atoms with van der Waals surface area (Å²) in [6.07, 6.45) is 4.51. The molecule has 5 radical (unpaired) electrons. The highest BCUT2D eigenvalue weighted by Gasteiger charge is 2.29. The fourth-order valence-corrected chi connectivity index (χ4v) is 1.45. The van der Waals surface area contributed by atoms with Crippen LogP contribution in [-0.2, 0) is 6.18 Å². The van der Waals surface area contributed by atoms with Gasteiger partial charge in [-0.3, -0.25) is 5.43 Å². The maximum atomic E-state index is 12.3. The van der Waals surface area contributed by atoms with Crippen molar-refractivity contribution in [3.05, 3.63) is 61.4 Å². The Kier molecular flexibility index (Phi) is 4.67. The van der Waals surface area contributed by atoms with Crippen molar-refractivity contribution in [3.8, 4) is 11.8 Å². The molecule has 0 aromatic heterocycles. The average Bonchev–Trinajstić information content (AvgIpc) is 2.91. The highest BCUT2D eigenvalue weighted by Crippen LogP contribution is 2.29. The number of nitrogens with zero attached hydrogens (tertiary/aromatic N) is 1. The molecule has 0 heterocycles. The van der Waals surface area contributed by atoms with Crippen molar-refractivity contribution in [2.45, 2.75) is 6.18 Å². The van der Waals surface area contributed by atoms with Gasteiger partial charge in [-0.1, -0.05) is 11.8 Å². The smallest absolute Gasteiger partial charge is 0.278 e. The van der Waals surface area contributed by atoms with Gasteiger partial charge < -0.3 is 0 Å². The fourth-order valence-electron chi connectivity index (χ4n) is 1.45. The Morgan fingerprint density at radius 2 is 1.70 bits per heavy atom. The van der Waals surface area contributed by atoms with Gasteiger partial charge in [0.15, 0.2) is 0 Å². The molecule has 1 aromatic rings. The summed E-state index contributed by atoms with van der Waals surface area (Å²) in [6.45, 7) is 0. The van der Waals surface area contributed by atoms with E-state index in [9.17, 15) is 13.2 Å². The Labute approximate surface area is 116 Å². The van der Waals surface area contributed by atoms with Gasteiger partial charge in [-0.15, -0.1) is 0 Å². The quantitative estimate of drug-likeness (QED) is 0.498. The first-order chi connectivity index (χ1) is 9.55. The standard InChI is InChI=1S/C15H10F3N2/c16-15(17,18)13-7-9-14(10-8-13)20-19-11-3-6-12-4-1-2-5-12/h1-2,4-5,7-11,20H/b19-11+. The van der Waals surface area contributed by atoms with E-state index >= 15 is 0 Å². The van der Waals surface area contributed by atoms with Crippen LogP contribution in [0.3, 0.4) is 0 Å². The largest absolute Gasteiger partial charge is 0.416 e. The second-order valence-corrected chi connectivity index (χ2v) is 3.89. The molecule has 0 saturated heterocycles. The van der Waals surface area contributed by atoms with Gasteiger partial charge in [-0.05, 0) is 49.9 Å². The third-order valence-corrected chi connectivity index (χ3v) is 2.41. The fraction of sp³-hybridized carbons (Fsp3) is 0.0667. The minimum absolute atomic E-state index is 0.462. The van der Waals surface area contributed by atoms with Crippen molar-refractivity contribution in [1.29, 1.82) is 0 Å². The van der Waals surface area contributed by atoms with Crippen LogP contribution in [0.4, 0.5) is 18.9 Å². The Bertz CT molecular complexity index is 515. The SMILES string of the molecule is FC(F)(F)c1ccc(N/N=C/C#C[C]2[CH][CH][CH][CH]2)cc1.